The predicted octanol–water partition coefficient (Wildman–Crippen LogP) is 3.63. The zero-order valence-corrected chi connectivity index (χ0v) is 12.3. The smallest absolute Gasteiger partial charge is 0.408 e. The van der Waals surface area contributed by atoms with Crippen LogP contribution in [-0.2, 0) is 9.53 Å². The second-order valence-corrected chi connectivity index (χ2v) is 5.68. The van der Waals surface area contributed by atoms with Crippen LogP contribution in [0.5, 0.6) is 0 Å². The number of aldehydes is 1. The van der Waals surface area contributed by atoms with Crippen LogP contribution in [0.25, 0.3) is 0 Å². The maximum absolute atomic E-state index is 13.1. The normalized spacial score (nSPS) is 12.7. The molecule has 110 valence electrons. The van der Waals surface area contributed by atoms with Gasteiger partial charge in [-0.25, -0.2) is 9.18 Å². The third-order valence-corrected chi connectivity index (χ3v) is 2.66. The van der Waals surface area contributed by atoms with Gasteiger partial charge in [0, 0.05) is 6.42 Å². The molecular weight excluding hydrogens is 285 g/mol. The summed E-state index contributed by atoms with van der Waals surface area (Å²) in [5, 5.41) is 2.50. The van der Waals surface area contributed by atoms with Crippen LogP contribution >= 0.6 is 11.6 Å². The molecule has 1 atom stereocenters. The SMILES string of the molecule is CC(C)(C)OC(=O)N[C@H](CC=O)c1ccc(F)c(Cl)c1. The van der Waals surface area contributed by atoms with Crippen LogP contribution in [-0.4, -0.2) is 18.0 Å². The van der Waals surface area contributed by atoms with Crippen LogP contribution < -0.4 is 5.32 Å². The van der Waals surface area contributed by atoms with Crippen molar-refractivity contribution in [1.82, 2.24) is 5.32 Å². The Morgan fingerprint density at radius 2 is 2.15 bits per heavy atom. The van der Waals surface area contributed by atoms with E-state index in [-0.39, 0.29) is 11.4 Å². The van der Waals surface area contributed by atoms with E-state index in [9.17, 15) is 14.0 Å². The van der Waals surface area contributed by atoms with Crippen molar-refractivity contribution in [3.05, 3.63) is 34.6 Å². The van der Waals surface area contributed by atoms with Crippen LogP contribution in [0, 0.1) is 5.82 Å². The second kappa shape index (κ2) is 6.70. The van der Waals surface area contributed by atoms with E-state index in [0.717, 1.165) is 0 Å². The zero-order chi connectivity index (χ0) is 15.3. The summed E-state index contributed by atoms with van der Waals surface area (Å²) >= 11 is 5.69. The Balaban J connectivity index is 2.85. The molecule has 4 nitrogen and oxygen atoms in total. The van der Waals surface area contributed by atoms with Crippen molar-refractivity contribution in [2.45, 2.75) is 38.8 Å². The number of alkyl carbamates (subject to hydrolysis) is 1. The second-order valence-electron chi connectivity index (χ2n) is 5.27. The number of benzene rings is 1. The minimum atomic E-state index is -0.648. The van der Waals surface area contributed by atoms with Gasteiger partial charge in [0.15, 0.2) is 0 Å². The molecule has 0 aliphatic rings. The van der Waals surface area contributed by atoms with Gasteiger partial charge >= 0.3 is 6.09 Å². The quantitative estimate of drug-likeness (QED) is 0.864. The van der Waals surface area contributed by atoms with Crippen molar-refractivity contribution >= 4 is 24.0 Å². The molecule has 1 aromatic carbocycles. The van der Waals surface area contributed by atoms with Gasteiger partial charge in [-0.2, -0.15) is 0 Å². The van der Waals surface area contributed by atoms with Crippen LogP contribution in [0.3, 0.4) is 0 Å². The zero-order valence-electron chi connectivity index (χ0n) is 11.6. The number of carbonyl (C=O) groups excluding carboxylic acids is 2. The van der Waals surface area contributed by atoms with Crippen molar-refractivity contribution in [3.8, 4) is 0 Å². The number of hydrogen-bond donors (Lipinski definition) is 1. The number of ether oxygens (including phenoxy) is 1. The maximum atomic E-state index is 13.1. The molecule has 0 saturated carbocycles. The van der Waals surface area contributed by atoms with Gasteiger partial charge in [0.2, 0.25) is 0 Å². The summed E-state index contributed by atoms with van der Waals surface area (Å²) in [7, 11) is 0. The van der Waals surface area contributed by atoms with Crippen LogP contribution in [0.4, 0.5) is 9.18 Å². The fourth-order valence-corrected chi connectivity index (χ4v) is 1.74. The van der Waals surface area contributed by atoms with Gasteiger partial charge in [-0.1, -0.05) is 17.7 Å². The lowest BCUT2D eigenvalue weighted by molar-refractivity contribution is -0.108. The summed E-state index contributed by atoms with van der Waals surface area (Å²) in [6.07, 6.45) is 0.0605. The van der Waals surface area contributed by atoms with E-state index in [1.807, 2.05) is 0 Å². The lowest BCUT2D eigenvalue weighted by atomic mass is 10.0. The first-order valence-corrected chi connectivity index (χ1v) is 6.49. The molecule has 0 spiro atoms. The van der Waals surface area contributed by atoms with Crippen molar-refractivity contribution in [2.24, 2.45) is 0 Å². The molecule has 0 aliphatic carbocycles. The Morgan fingerprint density at radius 3 is 2.65 bits per heavy atom. The molecule has 1 amide bonds. The van der Waals surface area contributed by atoms with Gasteiger partial charge in [0.05, 0.1) is 11.1 Å². The van der Waals surface area contributed by atoms with E-state index >= 15 is 0 Å². The van der Waals surface area contributed by atoms with Crippen molar-refractivity contribution < 1.29 is 18.7 Å². The molecule has 0 aliphatic heterocycles. The number of rotatable bonds is 4. The highest BCUT2D eigenvalue weighted by molar-refractivity contribution is 6.30. The third-order valence-electron chi connectivity index (χ3n) is 2.37. The van der Waals surface area contributed by atoms with Crippen LogP contribution in [0.15, 0.2) is 18.2 Å². The first-order valence-electron chi connectivity index (χ1n) is 6.11. The summed E-state index contributed by atoms with van der Waals surface area (Å²) < 4.78 is 18.2. The summed E-state index contributed by atoms with van der Waals surface area (Å²) in [6, 6.07) is 3.42. The molecule has 0 radical (unpaired) electrons. The number of carbonyl (C=O) groups is 2. The summed E-state index contributed by atoms with van der Waals surface area (Å²) in [4.78, 5) is 22.4. The first kappa shape index (κ1) is 16.4. The minimum Gasteiger partial charge on any atom is -0.444 e. The molecule has 1 N–H and O–H groups in total. The van der Waals surface area contributed by atoms with Gasteiger partial charge in [-0.05, 0) is 38.5 Å². The van der Waals surface area contributed by atoms with E-state index in [4.69, 9.17) is 16.3 Å². The molecule has 0 unspecified atom stereocenters. The number of amides is 1. The molecule has 0 bridgehead atoms. The van der Waals surface area contributed by atoms with E-state index in [1.165, 1.54) is 18.2 Å². The van der Waals surface area contributed by atoms with Gasteiger partial charge in [-0.15, -0.1) is 0 Å². The molecule has 0 aromatic heterocycles. The topological polar surface area (TPSA) is 55.4 Å². The number of halogens is 2. The van der Waals surface area contributed by atoms with Gasteiger partial charge in [-0.3, -0.25) is 0 Å². The molecule has 6 heteroatoms. The fourth-order valence-electron chi connectivity index (χ4n) is 1.55. The molecule has 1 rings (SSSR count). The first-order chi connectivity index (χ1) is 9.23. The minimum absolute atomic E-state index is 0.0429. The van der Waals surface area contributed by atoms with E-state index in [2.05, 4.69) is 5.32 Å². The van der Waals surface area contributed by atoms with Crippen molar-refractivity contribution in [3.63, 3.8) is 0 Å². The monoisotopic (exact) mass is 301 g/mol. The van der Waals surface area contributed by atoms with Crippen molar-refractivity contribution in [1.29, 1.82) is 0 Å². The Labute approximate surface area is 122 Å². The van der Waals surface area contributed by atoms with Gasteiger partial charge < -0.3 is 14.8 Å². The Bertz CT molecular complexity index is 500. The Hall–Kier alpha value is -1.62. The molecule has 0 fully saturated rings. The maximum Gasteiger partial charge on any atom is 0.408 e. The van der Waals surface area contributed by atoms with E-state index in [0.29, 0.717) is 11.8 Å². The molecular formula is C14H17ClFNO3. The average Bonchev–Trinajstić information content (AvgIpc) is 2.30. The summed E-state index contributed by atoms with van der Waals surface area (Å²) in [5.74, 6) is -0.558. The number of nitrogens with one attached hydrogen (secondary N) is 1. The number of hydrogen-bond acceptors (Lipinski definition) is 3. The Kier molecular flexibility index (Phi) is 5.51. The molecule has 0 saturated heterocycles. The molecule has 0 heterocycles. The highest BCUT2D eigenvalue weighted by Crippen LogP contribution is 2.23. The highest BCUT2D eigenvalue weighted by Gasteiger charge is 2.20. The lowest BCUT2D eigenvalue weighted by Crippen LogP contribution is -2.35. The lowest BCUT2D eigenvalue weighted by Gasteiger charge is -2.23. The van der Waals surface area contributed by atoms with Gasteiger partial charge in [0.1, 0.15) is 17.7 Å². The van der Waals surface area contributed by atoms with Crippen LogP contribution in [0.2, 0.25) is 5.02 Å². The Morgan fingerprint density at radius 1 is 1.50 bits per heavy atom. The van der Waals surface area contributed by atoms with Crippen LogP contribution in [0.1, 0.15) is 38.8 Å². The van der Waals surface area contributed by atoms with E-state index < -0.39 is 23.6 Å². The summed E-state index contributed by atoms with van der Waals surface area (Å²) in [5.41, 5.74) is -0.106. The standard InChI is InChI=1S/C14H17ClFNO3/c1-14(2,3)20-13(19)17-12(6-7-18)9-4-5-11(16)10(15)8-9/h4-5,7-8,12H,6H2,1-3H3,(H,17,19)/t12-/m1/s1. The van der Waals surface area contributed by atoms with E-state index in [1.54, 1.807) is 20.8 Å². The van der Waals surface area contributed by atoms with Gasteiger partial charge in [0.25, 0.3) is 0 Å². The third kappa shape index (κ3) is 5.17. The highest BCUT2D eigenvalue weighted by atomic mass is 35.5. The average molecular weight is 302 g/mol. The summed E-state index contributed by atoms with van der Waals surface area (Å²) in [6.45, 7) is 5.20. The largest absolute Gasteiger partial charge is 0.444 e. The fraction of sp³-hybridized carbons (Fsp3) is 0.429. The predicted molar refractivity (Wildman–Crippen MR) is 74.2 cm³/mol. The molecule has 1 aromatic rings. The molecule has 20 heavy (non-hydrogen) atoms. The van der Waals surface area contributed by atoms with Crippen molar-refractivity contribution in [2.75, 3.05) is 0 Å².